The number of nitrogens with one attached hydrogen (secondary N) is 2. The molecule has 0 aliphatic heterocycles. The van der Waals surface area contributed by atoms with E-state index in [0.717, 1.165) is 12.6 Å². The quantitative estimate of drug-likeness (QED) is 0.595. The third-order valence-corrected chi connectivity index (χ3v) is 3.24. The van der Waals surface area contributed by atoms with Crippen molar-refractivity contribution in [2.75, 3.05) is 11.9 Å². The van der Waals surface area contributed by atoms with E-state index in [9.17, 15) is 14.9 Å². The van der Waals surface area contributed by atoms with Crippen LogP contribution in [0.1, 0.15) is 44.5 Å². The number of carbonyl (C=O) groups excluding carboxylic acids is 1. The molecule has 7 nitrogen and oxygen atoms in total. The van der Waals surface area contributed by atoms with Crippen molar-refractivity contribution in [2.45, 2.75) is 40.2 Å². The van der Waals surface area contributed by atoms with E-state index >= 15 is 0 Å². The second-order valence-corrected chi connectivity index (χ2v) is 5.28. The molecule has 0 bridgehead atoms. The summed E-state index contributed by atoms with van der Waals surface area (Å²) in [7, 11) is 0. The van der Waals surface area contributed by atoms with E-state index < -0.39 is 10.8 Å². The normalized spacial score (nSPS) is 12.0. The van der Waals surface area contributed by atoms with Gasteiger partial charge >= 0.3 is 0 Å². The molecule has 7 heteroatoms. The van der Waals surface area contributed by atoms with Crippen LogP contribution < -0.4 is 10.6 Å². The van der Waals surface area contributed by atoms with Crippen LogP contribution in [0.25, 0.3) is 0 Å². The maximum Gasteiger partial charge on any atom is 0.300 e. The van der Waals surface area contributed by atoms with Gasteiger partial charge in [0.25, 0.3) is 11.6 Å². The van der Waals surface area contributed by atoms with Crippen molar-refractivity contribution in [1.82, 2.24) is 10.3 Å². The van der Waals surface area contributed by atoms with Crippen molar-refractivity contribution >= 4 is 17.4 Å². The minimum Gasteiger partial charge on any atom is -0.370 e. The molecule has 0 fully saturated rings. The lowest BCUT2D eigenvalue weighted by molar-refractivity contribution is -0.385. The highest BCUT2D eigenvalue weighted by molar-refractivity contribution is 5.98. The highest BCUT2D eigenvalue weighted by Crippen LogP contribution is 2.20. The van der Waals surface area contributed by atoms with E-state index in [4.69, 9.17) is 0 Å². The predicted octanol–water partition coefficient (Wildman–Crippen LogP) is 2.59. The number of hydrogen-bond donors (Lipinski definition) is 2. The largest absolute Gasteiger partial charge is 0.370 e. The van der Waals surface area contributed by atoms with E-state index in [1.54, 1.807) is 0 Å². The average molecular weight is 294 g/mol. The molecule has 0 radical (unpaired) electrons. The first kappa shape index (κ1) is 16.9. The standard InChI is InChI=1S/C14H22N4O3/c1-5-6-15-13-7-11(12(8-16-13)18(20)21)14(19)17-10(4)9(2)3/h7-10H,5-6H2,1-4H3,(H,15,16)(H,17,19). The SMILES string of the molecule is CCCNc1cc(C(=O)NC(C)C(C)C)c([N+](=O)[O-])cn1. The molecule has 0 aromatic carbocycles. The summed E-state index contributed by atoms with van der Waals surface area (Å²) in [6.45, 7) is 8.50. The Bertz CT molecular complexity index is 517. The van der Waals surface area contributed by atoms with Gasteiger partial charge in [-0.3, -0.25) is 14.9 Å². The van der Waals surface area contributed by atoms with Gasteiger partial charge in [0.15, 0.2) is 0 Å². The molecule has 21 heavy (non-hydrogen) atoms. The van der Waals surface area contributed by atoms with Gasteiger partial charge in [-0.05, 0) is 19.3 Å². The van der Waals surface area contributed by atoms with E-state index in [1.165, 1.54) is 6.07 Å². The first-order valence-electron chi connectivity index (χ1n) is 7.06. The number of carbonyl (C=O) groups is 1. The average Bonchev–Trinajstić information content (AvgIpc) is 2.44. The lowest BCUT2D eigenvalue weighted by atomic mass is 10.1. The number of nitrogens with zero attached hydrogens (tertiary/aromatic N) is 2. The van der Waals surface area contributed by atoms with Crippen molar-refractivity contribution < 1.29 is 9.72 Å². The van der Waals surface area contributed by atoms with Gasteiger partial charge in [-0.25, -0.2) is 4.98 Å². The monoisotopic (exact) mass is 294 g/mol. The highest BCUT2D eigenvalue weighted by Gasteiger charge is 2.23. The van der Waals surface area contributed by atoms with E-state index in [2.05, 4.69) is 15.6 Å². The Morgan fingerprint density at radius 1 is 1.43 bits per heavy atom. The fourth-order valence-corrected chi connectivity index (χ4v) is 1.58. The van der Waals surface area contributed by atoms with Crippen molar-refractivity contribution in [3.05, 3.63) is 27.9 Å². The second kappa shape index (κ2) is 7.56. The molecule has 1 aromatic rings. The van der Waals surface area contributed by atoms with Gasteiger partial charge < -0.3 is 10.6 Å². The molecular weight excluding hydrogens is 272 g/mol. The lowest BCUT2D eigenvalue weighted by Crippen LogP contribution is -2.36. The molecule has 1 unspecified atom stereocenters. The zero-order chi connectivity index (χ0) is 16.0. The van der Waals surface area contributed by atoms with E-state index in [1.807, 2.05) is 27.7 Å². The molecule has 1 rings (SSSR count). The van der Waals surface area contributed by atoms with E-state index in [-0.39, 0.29) is 23.2 Å². The van der Waals surface area contributed by atoms with Crippen molar-refractivity contribution in [3.8, 4) is 0 Å². The van der Waals surface area contributed by atoms with Gasteiger partial charge in [0, 0.05) is 18.7 Å². The number of aromatic nitrogens is 1. The Labute approximate surface area is 124 Å². The molecule has 1 heterocycles. The summed E-state index contributed by atoms with van der Waals surface area (Å²) in [5, 5.41) is 16.8. The minimum absolute atomic E-state index is 0.0288. The molecule has 0 saturated carbocycles. The van der Waals surface area contributed by atoms with Crippen LogP contribution in [0.3, 0.4) is 0 Å². The molecule has 0 aliphatic carbocycles. The molecule has 1 atom stereocenters. The Morgan fingerprint density at radius 2 is 2.10 bits per heavy atom. The number of rotatable bonds is 7. The number of nitro groups is 1. The zero-order valence-electron chi connectivity index (χ0n) is 12.8. The van der Waals surface area contributed by atoms with Crippen LogP contribution in [0.2, 0.25) is 0 Å². The third-order valence-electron chi connectivity index (χ3n) is 3.24. The van der Waals surface area contributed by atoms with Gasteiger partial charge in [0.05, 0.1) is 4.92 Å². The second-order valence-electron chi connectivity index (χ2n) is 5.28. The van der Waals surface area contributed by atoms with Crippen molar-refractivity contribution in [1.29, 1.82) is 0 Å². The van der Waals surface area contributed by atoms with Gasteiger partial charge in [-0.1, -0.05) is 20.8 Å². The summed E-state index contributed by atoms with van der Waals surface area (Å²) in [6.07, 6.45) is 2.01. The first-order chi connectivity index (χ1) is 9.86. The molecule has 0 spiro atoms. The Balaban J connectivity index is 3.05. The fourth-order valence-electron chi connectivity index (χ4n) is 1.58. The number of amides is 1. The fraction of sp³-hybridized carbons (Fsp3) is 0.571. The van der Waals surface area contributed by atoms with Crippen LogP contribution in [-0.2, 0) is 0 Å². The molecule has 116 valence electrons. The summed E-state index contributed by atoms with van der Waals surface area (Å²) in [6, 6.07) is 1.35. The summed E-state index contributed by atoms with van der Waals surface area (Å²) in [4.78, 5) is 26.6. The highest BCUT2D eigenvalue weighted by atomic mass is 16.6. The zero-order valence-corrected chi connectivity index (χ0v) is 12.8. The van der Waals surface area contributed by atoms with Gasteiger partial charge in [-0.15, -0.1) is 0 Å². The predicted molar refractivity (Wildman–Crippen MR) is 81.4 cm³/mol. The Morgan fingerprint density at radius 3 is 2.62 bits per heavy atom. The van der Waals surface area contributed by atoms with Crippen molar-refractivity contribution in [3.63, 3.8) is 0 Å². The van der Waals surface area contributed by atoms with Crippen LogP contribution in [-0.4, -0.2) is 28.4 Å². The van der Waals surface area contributed by atoms with Crippen LogP contribution in [0, 0.1) is 16.0 Å². The van der Waals surface area contributed by atoms with Crippen molar-refractivity contribution in [2.24, 2.45) is 5.92 Å². The third kappa shape index (κ3) is 4.70. The molecule has 1 amide bonds. The summed E-state index contributed by atoms with van der Waals surface area (Å²) in [5.41, 5.74) is -0.258. The molecule has 0 saturated heterocycles. The number of anilines is 1. The van der Waals surface area contributed by atoms with Crippen LogP contribution in [0.4, 0.5) is 11.5 Å². The minimum atomic E-state index is -0.592. The maximum atomic E-state index is 12.2. The van der Waals surface area contributed by atoms with Crippen LogP contribution in [0.15, 0.2) is 12.3 Å². The van der Waals surface area contributed by atoms with Gasteiger partial charge in [0.1, 0.15) is 17.6 Å². The van der Waals surface area contributed by atoms with Gasteiger partial charge in [-0.2, -0.15) is 0 Å². The summed E-state index contributed by atoms with van der Waals surface area (Å²) < 4.78 is 0. The smallest absolute Gasteiger partial charge is 0.300 e. The number of pyridine rings is 1. The van der Waals surface area contributed by atoms with Gasteiger partial charge in [0.2, 0.25) is 0 Å². The molecule has 1 aromatic heterocycles. The molecule has 2 N–H and O–H groups in total. The first-order valence-corrected chi connectivity index (χ1v) is 7.06. The Hall–Kier alpha value is -2.18. The lowest BCUT2D eigenvalue weighted by Gasteiger charge is -2.17. The van der Waals surface area contributed by atoms with Crippen LogP contribution >= 0.6 is 0 Å². The maximum absolute atomic E-state index is 12.2. The summed E-state index contributed by atoms with van der Waals surface area (Å²) >= 11 is 0. The Kier molecular flexibility index (Phi) is 6.08. The van der Waals surface area contributed by atoms with Crippen LogP contribution in [0.5, 0.6) is 0 Å². The van der Waals surface area contributed by atoms with E-state index in [0.29, 0.717) is 12.4 Å². The topological polar surface area (TPSA) is 97.2 Å². The molecule has 0 aliphatic rings. The molecular formula is C14H22N4O3. The summed E-state index contributed by atoms with van der Waals surface area (Å²) in [5.74, 6) is 0.252. The number of hydrogen-bond acceptors (Lipinski definition) is 5.